The van der Waals surface area contributed by atoms with Crippen LogP contribution in [-0.2, 0) is 4.79 Å². The van der Waals surface area contributed by atoms with Crippen molar-refractivity contribution < 1.29 is 40.8 Å². The first-order valence-electron chi connectivity index (χ1n) is 5.39. The normalized spacial score (nSPS) is 30.7. The molecule has 1 aliphatic heterocycles. The standard InChI is InChI=1S/C9H17NO7S/c11-1-4(12)5(13)6(14)7(15)8-10-3(2-18-8)9(16)17/h3-8,10-15H,1-2H2,(H,16,17)/t3-,4+,5+,6+,7+,8-/m0/s1. The van der Waals surface area contributed by atoms with Crippen molar-refractivity contribution in [2.45, 2.75) is 35.8 Å². The van der Waals surface area contributed by atoms with Gasteiger partial charge in [0.1, 0.15) is 36.4 Å². The van der Waals surface area contributed by atoms with E-state index in [9.17, 15) is 25.2 Å². The quantitative estimate of drug-likeness (QED) is 0.281. The van der Waals surface area contributed by atoms with Crippen molar-refractivity contribution in [1.82, 2.24) is 0 Å². The van der Waals surface area contributed by atoms with E-state index in [0.717, 1.165) is 11.8 Å². The molecule has 0 aromatic carbocycles. The molecule has 0 radical (unpaired) electrons. The van der Waals surface area contributed by atoms with Crippen molar-refractivity contribution >= 4 is 17.7 Å². The Morgan fingerprint density at radius 3 is 2.39 bits per heavy atom. The summed E-state index contributed by atoms with van der Waals surface area (Å²) in [6.45, 7) is -0.756. The lowest BCUT2D eigenvalue weighted by Gasteiger charge is -2.27. The number of quaternary nitrogens is 1. The molecule has 1 rings (SSSR count). The van der Waals surface area contributed by atoms with E-state index in [-0.39, 0.29) is 5.75 Å². The maximum absolute atomic E-state index is 10.6. The number of nitrogens with two attached hydrogens (primary N) is 1. The zero-order valence-corrected chi connectivity index (χ0v) is 10.2. The number of thioether (sulfide) groups is 1. The van der Waals surface area contributed by atoms with Crippen LogP contribution in [0.2, 0.25) is 0 Å². The third-order valence-corrected chi connectivity index (χ3v) is 4.18. The van der Waals surface area contributed by atoms with Crippen LogP contribution in [0.15, 0.2) is 0 Å². The average Bonchev–Trinajstić information content (AvgIpc) is 2.84. The smallest absolute Gasteiger partial charge is 0.162 e. The Morgan fingerprint density at radius 1 is 1.33 bits per heavy atom. The lowest BCUT2D eigenvalue weighted by Crippen LogP contribution is -2.96. The van der Waals surface area contributed by atoms with Crippen LogP contribution in [0.25, 0.3) is 0 Å². The fourth-order valence-electron chi connectivity index (χ4n) is 1.65. The molecule has 9 heteroatoms. The van der Waals surface area contributed by atoms with Crippen molar-refractivity contribution in [2.24, 2.45) is 0 Å². The van der Waals surface area contributed by atoms with Gasteiger partial charge in [0, 0.05) is 0 Å². The highest BCUT2D eigenvalue weighted by atomic mass is 32.2. The minimum atomic E-state index is -1.71. The zero-order valence-electron chi connectivity index (χ0n) is 9.42. The molecule has 0 aliphatic carbocycles. The molecule has 0 unspecified atom stereocenters. The van der Waals surface area contributed by atoms with Gasteiger partial charge in [-0.25, -0.2) is 0 Å². The topological polar surface area (TPSA) is 158 Å². The van der Waals surface area contributed by atoms with Gasteiger partial charge in [-0.2, -0.15) is 0 Å². The molecule has 6 atom stereocenters. The van der Waals surface area contributed by atoms with Gasteiger partial charge in [0.15, 0.2) is 5.37 Å². The van der Waals surface area contributed by atoms with Crippen LogP contribution in [0.3, 0.4) is 0 Å². The summed E-state index contributed by atoms with van der Waals surface area (Å²) in [5.74, 6) is -1.04. The number of carbonyl (C=O) groups is 1. The lowest BCUT2D eigenvalue weighted by atomic mass is 10.0. The zero-order chi connectivity index (χ0) is 13.9. The van der Waals surface area contributed by atoms with E-state index in [4.69, 9.17) is 10.2 Å². The average molecular weight is 283 g/mol. The Balaban J connectivity index is 2.54. The van der Waals surface area contributed by atoms with Gasteiger partial charge in [0.25, 0.3) is 0 Å². The number of carboxylic acid groups (broad SMARTS) is 1. The van der Waals surface area contributed by atoms with Gasteiger partial charge in [-0.15, -0.1) is 0 Å². The molecule has 0 aromatic rings. The van der Waals surface area contributed by atoms with E-state index in [1.54, 1.807) is 0 Å². The molecular weight excluding hydrogens is 266 g/mol. The number of hydrogen-bond donors (Lipinski definition) is 6. The molecule has 0 spiro atoms. The summed E-state index contributed by atoms with van der Waals surface area (Å²) in [6, 6.07) is -0.818. The highest BCUT2D eigenvalue weighted by Crippen LogP contribution is 2.19. The fraction of sp³-hybridized carbons (Fsp3) is 0.889. The van der Waals surface area contributed by atoms with Gasteiger partial charge in [-0.3, -0.25) is 0 Å². The van der Waals surface area contributed by atoms with Crippen LogP contribution in [0.5, 0.6) is 0 Å². The maximum atomic E-state index is 10.6. The molecule has 0 aromatic heterocycles. The van der Waals surface area contributed by atoms with Gasteiger partial charge in [-0.1, -0.05) is 11.8 Å². The first-order chi connectivity index (χ1) is 8.38. The molecule has 1 fully saturated rings. The highest BCUT2D eigenvalue weighted by molar-refractivity contribution is 8.00. The molecule has 1 saturated heterocycles. The fourth-order valence-corrected chi connectivity index (χ4v) is 2.98. The number of carboxylic acids is 1. The molecule has 18 heavy (non-hydrogen) atoms. The van der Waals surface area contributed by atoms with E-state index >= 15 is 0 Å². The van der Waals surface area contributed by atoms with Crippen LogP contribution in [-0.4, -0.2) is 79.7 Å². The summed E-state index contributed by atoms with van der Waals surface area (Å²) in [7, 11) is 0. The molecule has 0 saturated carbocycles. The van der Waals surface area contributed by atoms with E-state index in [1.165, 1.54) is 5.32 Å². The Bertz CT molecular complexity index is 292. The Kier molecular flexibility index (Phi) is 5.79. The molecular formula is C9H17NO7S. The summed E-state index contributed by atoms with van der Waals surface area (Å²) in [4.78, 5) is 10.6. The van der Waals surface area contributed by atoms with Crippen molar-refractivity contribution in [1.29, 1.82) is 0 Å². The predicted octanol–water partition coefficient (Wildman–Crippen LogP) is -5.82. The molecule has 1 aliphatic rings. The second kappa shape index (κ2) is 6.66. The molecule has 0 bridgehead atoms. The second-order valence-corrected chi connectivity index (χ2v) is 5.35. The number of hydrogen-bond acceptors (Lipinski definition) is 8. The Hall–Kier alpha value is -0.420. The van der Waals surface area contributed by atoms with Gasteiger partial charge in [0.2, 0.25) is 0 Å². The third kappa shape index (κ3) is 3.54. The molecule has 106 valence electrons. The minimum absolute atomic E-state index is 0.218. The van der Waals surface area contributed by atoms with Crippen molar-refractivity contribution in [2.75, 3.05) is 12.4 Å². The number of rotatable bonds is 6. The van der Waals surface area contributed by atoms with Crippen LogP contribution >= 0.6 is 11.8 Å². The minimum Gasteiger partial charge on any atom is -0.544 e. The third-order valence-electron chi connectivity index (χ3n) is 2.81. The first-order valence-corrected chi connectivity index (χ1v) is 6.44. The van der Waals surface area contributed by atoms with Crippen molar-refractivity contribution in [3.63, 3.8) is 0 Å². The molecule has 0 amide bonds. The first kappa shape index (κ1) is 15.6. The largest absolute Gasteiger partial charge is 0.544 e. The molecule has 7 N–H and O–H groups in total. The predicted molar refractivity (Wildman–Crippen MR) is 58.1 cm³/mol. The summed E-state index contributed by atoms with van der Waals surface area (Å²) in [5, 5.41) is 57.8. The van der Waals surface area contributed by atoms with Gasteiger partial charge in [-0.05, 0) is 0 Å². The number of carbonyl (C=O) groups excluding carboxylic acids is 1. The van der Waals surface area contributed by atoms with Gasteiger partial charge < -0.3 is 40.8 Å². The number of aliphatic hydroxyl groups is 5. The van der Waals surface area contributed by atoms with E-state index < -0.39 is 48.4 Å². The maximum Gasteiger partial charge on any atom is 0.162 e. The number of aliphatic hydroxyl groups excluding tert-OH is 5. The summed E-state index contributed by atoms with van der Waals surface area (Å²) >= 11 is 1.11. The van der Waals surface area contributed by atoms with Crippen LogP contribution in [0.1, 0.15) is 0 Å². The molecule has 8 nitrogen and oxygen atoms in total. The SMILES string of the molecule is O=C([O-])[C@@H]1CS[C@@H]([C@H](O)[C@H](O)[C@H](O)[C@H](O)CO)[NH2+]1. The highest BCUT2D eigenvalue weighted by Gasteiger charge is 2.41. The Labute approximate surface area is 107 Å². The van der Waals surface area contributed by atoms with Crippen molar-refractivity contribution in [3.8, 4) is 0 Å². The van der Waals surface area contributed by atoms with Crippen LogP contribution in [0, 0.1) is 0 Å². The Morgan fingerprint density at radius 2 is 1.94 bits per heavy atom. The van der Waals surface area contributed by atoms with Crippen LogP contribution < -0.4 is 10.4 Å². The van der Waals surface area contributed by atoms with E-state index in [2.05, 4.69) is 0 Å². The summed E-state index contributed by atoms with van der Waals surface area (Å²) in [6.07, 6.45) is -6.39. The summed E-state index contributed by atoms with van der Waals surface area (Å²) in [5.41, 5.74) is 0. The van der Waals surface area contributed by atoms with Gasteiger partial charge in [0.05, 0.1) is 12.4 Å². The van der Waals surface area contributed by atoms with Crippen LogP contribution in [0.4, 0.5) is 0 Å². The monoisotopic (exact) mass is 283 g/mol. The summed E-state index contributed by atoms with van der Waals surface area (Å²) < 4.78 is 0. The second-order valence-electron chi connectivity index (χ2n) is 4.14. The van der Waals surface area contributed by atoms with Gasteiger partial charge >= 0.3 is 0 Å². The van der Waals surface area contributed by atoms with E-state index in [1.807, 2.05) is 0 Å². The molecule has 1 heterocycles. The lowest BCUT2D eigenvalue weighted by molar-refractivity contribution is -0.692. The number of aliphatic carboxylic acids is 1. The van der Waals surface area contributed by atoms with Crippen molar-refractivity contribution in [3.05, 3.63) is 0 Å². The van der Waals surface area contributed by atoms with E-state index in [0.29, 0.717) is 0 Å².